The first-order chi connectivity index (χ1) is 11.6. The Morgan fingerprint density at radius 1 is 1.12 bits per heavy atom. The molecule has 0 radical (unpaired) electrons. The Hall–Kier alpha value is -1.30. The summed E-state index contributed by atoms with van der Waals surface area (Å²) in [5.74, 6) is 0.699. The van der Waals surface area contributed by atoms with Crippen LogP contribution in [0.4, 0.5) is 0 Å². The fourth-order valence-electron chi connectivity index (χ4n) is 2.65. The Labute approximate surface area is 147 Å². The molecule has 140 valence electrons. The molecule has 6 nitrogen and oxygen atoms in total. The van der Waals surface area contributed by atoms with Gasteiger partial charge in [-0.3, -0.25) is 4.79 Å². The topological polar surface area (TPSA) is 66.0 Å². The van der Waals surface area contributed by atoms with E-state index in [9.17, 15) is 4.79 Å². The maximum absolute atomic E-state index is 11.7. The minimum absolute atomic E-state index is 0.00120. The molecule has 1 rings (SSSR count). The van der Waals surface area contributed by atoms with Gasteiger partial charge in [0.1, 0.15) is 6.54 Å². The van der Waals surface area contributed by atoms with Crippen molar-refractivity contribution >= 4 is 11.9 Å². The lowest BCUT2D eigenvalue weighted by Gasteiger charge is -2.17. The molecule has 0 atom stereocenters. The Morgan fingerprint density at radius 3 is 2.42 bits per heavy atom. The number of nitrogens with zero attached hydrogens (tertiary/aromatic N) is 2. The van der Waals surface area contributed by atoms with E-state index in [-0.39, 0.29) is 12.5 Å². The molecule has 1 aliphatic rings. The van der Waals surface area contributed by atoms with Crippen molar-refractivity contribution in [1.82, 2.24) is 15.5 Å². The zero-order valence-electron chi connectivity index (χ0n) is 15.8. The van der Waals surface area contributed by atoms with E-state index in [2.05, 4.69) is 22.5 Å². The molecule has 0 saturated heterocycles. The lowest BCUT2D eigenvalue weighted by atomic mass is 10.1. The largest absolute Gasteiger partial charge is 0.376 e. The Balaban J connectivity index is 2.31. The maximum Gasteiger partial charge on any atom is 0.243 e. The average molecular weight is 341 g/mol. The van der Waals surface area contributed by atoms with Crippen molar-refractivity contribution in [2.45, 2.75) is 64.4 Å². The molecule has 1 saturated carbocycles. The second kappa shape index (κ2) is 13.0. The van der Waals surface area contributed by atoms with Gasteiger partial charge in [0.15, 0.2) is 5.96 Å². The number of likely N-dealkylation sites (N-methyl/N-ethyl adjacent to an activating group) is 1. The van der Waals surface area contributed by atoms with Crippen LogP contribution in [0.3, 0.4) is 0 Å². The zero-order valence-corrected chi connectivity index (χ0v) is 15.8. The predicted molar refractivity (Wildman–Crippen MR) is 99.4 cm³/mol. The number of aliphatic imine (C=N–C) groups is 1. The van der Waals surface area contributed by atoms with Gasteiger partial charge in [-0.15, -0.1) is 0 Å². The minimum atomic E-state index is 0.00120. The highest BCUT2D eigenvalue weighted by atomic mass is 16.5. The Morgan fingerprint density at radius 2 is 1.79 bits per heavy atom. The molecule has 24 heavy (non-hydrogen) atoms. The van der Waals surface area contributed by atoms with Gasteiger partial charge in [-0.25, -0.2) is 4.99 Å². The van der Waals surface area contributed by atoms with Crippen LogP contribution in [0.15, 0.2) is 4.99 Å². The quantitative estimate of drug-likeness (QED) is 0.292. The smallest absolute Gasteiger partial charge is 0.243 e. The van der Waals surface area contributed by atoms with Crippen LogP contribution in [0.5, 0.6) is 0 Å². The summed E-state index contributed by atoms with van der Waals surface area (Å²) in [5, 5.41) is 6.55. The third-order valence-electron chi connectivity index (χ3n) is 4.24. The lowest BCUT2D eigenvalue weighted by molar-refractivity contribution is -0.127. The van der Waals surface area contributed by atoms with Crippen LogP contribution in [0.2, 0.25) is 0 Å². The van der Waals surface area contributed by atoms with Crippen molar-refractivity contribution in [2.75, 3.05) is 40.3 Å². The molecule has 1 fully saturated rings. The number of carbonyl (C=O) groups excluding carboxylic acids is 1. The third kappa shape index (κ3) is 9.75. The van der Waals surface area contributed by atoms with Gasteiger partial charge in [-0.2, -0.15) is 0 Å². The molecule has 0 aliphatic heterocycles. The predicted octanol–water partition coefficient (Wildman–Crippen LogP) is 2.15. The molecule has 0 heterocycles. The van der Waals surface area contributed by atoms with Crippen molar-refractivity contribution in [1.29, 1.82) is 0 Å². The maximum atomic E-state index is 11.7. The van der Waals surface area contributed by atoms with Gasteiger partial charge < -0.3 is 20.3 Å². The number of nitrogens with one attached hydrogen (secondary N) is 2. The van der Waals surface area contributed by atoms with Crippen molar-refractivity contribution in [3.8, 4) is 0 Å². The van der Waals surface area contributed by atoms with Crippen LogP contribution in [0, 0.1) is 0 Å². The van der Waals surface area contributed by atoms with Crippen LogP contribution < -0.4 is 10.6 Å². The highest BCUT2D eigenvalue weighted by Gasteiger charge is 2.12. The summed E-state index contributed by atoms with van der Waals surface area (Å²) < 4.78 is 5.98. The Kier molecular flexibility index (Phi) is 11.3. The number of rotatable bonds is 9. The van der Waals surface area contributed by atoms with Crippen molar-refractivity contribution < 1.29 is 9.53 Å². The fourth-order valence-corrected chi connectivity index (χ4v) is 2.65. The molecule has 0 bridgehead atoms. The summed E-state index contributed by atoms with van der Waals surface area (Å²) in [6.45, 7) is 4.58. The first-order valence-corrected chi connectivity index (χ1v) is 9.47. The van der Waals surface area contributed by atoms with Crippen LogP contribution in [0.25, 0.3) is 0 Å². The van der Waals surface area contributed by atoms with Gasteiger partial charge in [0.2, 0.25) is 5.91 Å². The van der Waals surface area contributed by atoms with E-state index < -0.39 is 0 Å². The molecule has 0 aromatic carbocycles. The second-order valence-electron chi connectivity index (χ2n) is 6.64. The summed E-state index contributed by atoms with van der Waals surface area (Å²) in [5.41, 5.74) is 0. The molecule has 6 heteroatoms. The van der Waals surface area contributed by atoms with Crippen LogP contribution >= 0.6 is 0 Å². The summed E-state index contributed by atoms with van der Waals surface area (Å²) >= 11 is 0. The molecule has 0 spiro atoms. The van der Waals surface area contributed by atoms with Gasteiger partial charge in [-0.05, 0) is 19.3 Å². The fraction of sp³-hybridized carbons (Fsp3) is 0.889. The summed E-state index contributed by atoms with van der Waals surface area (Å²) in [7, 11) is 3.49. The molecule has 0 unspecified atom stereocenters. The van der Waals surface area contributed by atoms with Crippen LogP contribution in [-0.2, 0) is 9.53 Å². The number of carbonyl (C=O) groups is 1. The van der Waals surface area contributed by atoms with Crippen LogP contribution in [-0.4, -0.2) is 63.2 Å². The number of hydrogen-bond acceptors (Lipinski definition) is 3. The highest BCUT2D eigenvalue weighted by Crippen LogP contribution is 2.19. The number of unbranched alkanes of at least 4 members (excludes halogenated alkanes) is 1. The van der Waals surface area contributed by atoms with E-state index in [0.29, 0.717) is 25.2 Å². The van der Waals surface area contributed by atoms with Crippen molar-refractivity contribution in [3.63, 3.8) is 0 Å². The SMILES string of the molecule is CCCCNC(=NCC(=O)N(C)C)NCCOC1CCCCCC1. The molecule has 0 aromatic rings. The molecular weight excluding hydrogens is 304 g/mol. The van der Waals surface area contributed by atoms with Gasteiger partial charge >= 0.3 is 0 Å². The number of amides is 1. The molecule has 2 N–H and O–H groups in total. The summed E-state index contributed by atoms with van der Waals surface area (Å²) in [6, 6.07) is 0. The number of guanidine groups is 1. The van der Waals surface area contributed by atoms with E-state index >= 15 is 0 Å². The third-order valence-corrected chi connectivity index (χ3v) is 4.24. The summed E-state index contributed by atoms with van der Waals surface area (Å²) in [6.07, 6.45) is 10.3. The normalized spacial score (nSPS) is 16.5. The van der Waals surface area contributed by atoms with E-state index in [1.165, 1.54) is 38.5 Å². The van der Waals surface area contributed by atoms with Gasteiger partial charge in [-0.1, -0.05) is 39.0 Å². The lowest BCUT2D eigenvalue weighted by Crippen LogP contribution is -2.40. The van der Waals surface area contributed by atoms with Crippen molar-refractivity contribution in [3.05, 3.63) is 0 Å². The molecule has 0 aromatic heterocycles. The van der Waals surface area contributed by atoms with Crippen molar-refractivity contribution in [2.24, 2.45) is 4.99 Å². The highest BCUT2D eigenvalue weighted by molar-refractivity contribution is 5.84. The van der Waals surface area contributed by atoms with E-state index in [1.807, 2.05) is 0 Å². The average Bonchev–Trinajstić information content (AvgIpc) is 2.84. The van der Waals surface area contributed by atoms with E-state index in [0.717, 1.165) is 19.4 Å². The first-order valence-electron chi connectivity index (χ1n) is 9.47. The Bertz CT molecular complexity index is 364. The summed E-state index contributed by atoms with van der Waals surface area (Å²) in [4.78, 5) is 17.6. The van der Waals surface area contributed by atoms with E-state index in [1.54, 1.807) is 19.0 Å². The van der Waals surface area contributed by atoms with Gasteiger partial charge in [0, 0.05) is 27.2 Å². The zero-order chi connectivity index (χ0) is 17.6. The monoisotopic (exact) mass is 340 g/mol. The minimum Gasteiger partial charge on any atom is -0.376 e. The van der Waals surface area contributed by atoms with Crippen LogP contribution in [0.1, 0.15) is 58.3 Å². The second-order valence-corrected chi connectivity index (χ2v) is 6.64. The standard InChI is InChI=1S/C18H36N4O2/c1-4-5-12-19-18(21-15-17(23)22(2)3)20-13-14-24-16-10-8-6-7-9-11-16/h16H,4-15H2,1-3H3,(H2,19,20,21). The van der Waals surface area contributed by atoms with E-state index in [4.69, 9.17) is 4.74 Å². The number of hydrogen-bond donors (Lipinski definition) is 2. The first kappa shape index (κ1) is 20.7. The van der Waals surface area contributed by atoms with Gasteiger partial charge in [0.05, 0.1) is 12.7 Å². The molecular formula is C18H36N4O2. The number of ether oxygens (including phenoxy) is 1. The molecule has 1 aliphatic carbocycles. The van der Waals surface area contributed by atoms with Gasteiger partial charge in [0.25, 0.3) is 0 Å². The molecule has 1 amide bonds.